The Hall–Kier alpha value is -2.15. The molecule has 0 aliphatic heterocycles. The van der Waals surface area contributed by atoms with Gasteiger partial charge in [-0.05, 0) is 30.0 Å². The lowest BCUT2D eigenvalue weighted by molar-refractivity contribution is 0.104. The maximum atomic E-state index is 12.0. The minimum Gasteiger partial charge on any atom is -0.289 e. The number of allylic oxidation sites excluding steroid dienone is 1. The minimum atomic E-state index is 0.0398. The van der Waals surface area contributed by atoms with Gasteiger partial charge in [0.25, 0.3) is 0 Å². The van der Waals surface area contributed by atoms with Gasteiger partial charge in [0.2, 0.25) is 0 Å². The normalized spacial score (nSPS) is 11.2. The van der Waals surface area contributed by atoms with Crippen LogP contribution < -0.4 is 0 Å². The third-order valence-corrected chi connectivity index (χ3v) is 3.37. The Balaban J connectivity index is 2.08. The van der Waals surface area contributed by atoms with Crippen molar-refractivity contribution < 1.29 is 4.79 Å². The van der Waals surface area contributed by atoms with Crippen LogP contribution in [0.3, 0.4) is 0 Å². The number of hydrogen-bond acceptors (Lipinski definition) is 1. The van der Waals surface area contributed by atoms with Crippen LogP contribution in [0.25, 0.3) is 6.08 Å². The average Bonchev–Trinajstić information content (AvgIpc) is 2.46. The number of benzene rings is 2. The summed E-state index contributed by atoms with van der Waals surface area (Å²) in [5, 5.41) is 0. The van der Waals surface area contributed by atoms with Crippen LogP contribution in [0.4, 0.5) is 0 Å². The number of carbonyl (C=O) groups is 1. The Labute approximate surface area is 121 Å². The molecular formula is C19H20O. The number of ketones is 1. The third kappa shape index (κ3) is 3.67. The molecule has 0 fully saturated rings. The molecule has 2 rings (SSSR count). The first-order valence-corrected chi connectivity index (χ1v) is 6.95. The smallest absolute Gasteiger partial charge is 0.185 e. The molecule has 0 radical (unpaired) electrons. The fraction of sp³-hybridized carbons (Fsp3) is 0.211. The Morgan fingerprint density at radius 3 is 2.10 bits per heavy atom. The van der Waals surface area contributed by atoms with Crippen molar-refractivity contribution in [2.45, 2.75) is 26.7 Å². The van der Waals surface area contributed by atoms with Gasteiger partial charge >= 0.3 is 0 Å². The molecule has 0 bridgehead atoms. The van der Waals surface area contributed by atoms with E-state index in [2.05, 4.69) is 26.0 Å². The number of carbonyl (C=O) groups excluding carboxylic acids is 1. The zero-order chi connectivity index (χ0) is 14.5. The molecule has 0 spiro atoms. The zero-order valence-corrected chi connectivity index (χ0v) is 12.3. The molecular weight excluding hydrogens is 244 g/mol. The number of rotatable bonds is 4. The molecule has 1 heteroatoms. The summed E-state index contributed by atoms with van der Waals surface area (Å²) >= 11 is 0. The molecule has 0 heterocycles. The predicted octanol–water partition coefficient (Wildman–Crippen LogP) is 5.01. The van der Waals surface area contributed by atoms with Crippen LogP contribution in [-0.2, 0) is 0 Å². The van der Waals surface area contributed by atoms with Gasteiger partial charge in [0.1, 0.15) is 0 Å². The highest BCUT2D eigenvalue weighted by molar-refractivity contribution is 6.06. The van der Waals surface area contributed by atoms with Crippen molar-refractivity contribution >= 4 is 11.9 Å². The van der Waals surface area contributed by atoms with Crippen LogP contribution in [0.15, 0.2) is 54.6 Å². The van der Waals surface area contributed by atoms with Gasteiger partial charge in [-0.3, -0.25) is 4.79 Å². The second kappa shape index (κ2) is 6.33. The third-order valence-electron chi connectivity index (χ3n) is 3.37. The lowest BCUT2D eigenvalue weighted by Crippen LogP contribution is -1.93. The molecule has 20 heavy (non-hydrogen) atoms. The number of aryl methyl sites for hydroxylation is 1. The van der Waals surface area contributed by atoms with E-state index in [1.807, 2.05) is 49.4 Å². The number of hydrogen-bond donors (Lipinski definition) is 0. The molecule has 0 aliphatic carbocycles. The largest absolute Gasteiger partial charge is 0.289 e. The lowest BCUT2D eigenvalue weighted by atomic mass is 10.0. The van der Waals surface area contributed by atoms with Gasteiger partial charge in [0, 0.05) is 5.56 Å². The maximum absolute atomic E-state index is 12.0. The Bertz CT molecular complexity index is 601. The molecule has 2 aromatic rings. The van der Waals surface area contributed by atoms with E-state index in [1.165, 1.54) is 5.56 Å². The van der Waals surface area contributed by atoms with Crippen molar-refractivity contribution in [3.63, 3.8) is 0 Å². The Morgan fingerprint density at radius 2 is 1.55 bits per heavy atom. The highest BCUT2D eigenvalue weighted by Crippen LogP contribution is 2.15. The van der Waals surface area contributed by atoms with Crippen molar-refractivity contribution in [1.29, 1.82) is 0 Å². The van der Waals surface area contributed by atoms with Gasteiger partial charge in [-0.15, -0.1) is 0 Å². The molecule has 0 saturated carbocycles. The first-order chi connectivity index (χ1) is 9.56. The predicted molar refractivity (Wildman–Crippen MR) is 85.1 cm³/mol. The van der Waals surface area contributed by atoms with Gasteiger partial charge < -0.3 is 0 Å². The summed E-state index contributed by atoms with van der Waals surface area (Å²) in [4.78, 5) is 12.0. The van der Waals surface area contributed by atoms with Crippen molar-refractivity contribution in [2.24, 2.45) is 0 Å². The van der Waals surface area contributed by atoms with Crippen LogP contribution in [-0.4, -0.2) is 5.78 Å². The fourth-order valence-corrected chi connectivity index (χ4v) is 1.98. The molecule has 0 atom stereocenters. The molecule has 0 aromatic heterocycles. The van der Waals surface area contributed by atoms with Crippen LogP contribution in [0.1, 0.15) is 46.8 Å². The molecule has 0 N–H and O–H groups in total. The summed E-state index contributed by atoms with van der Waals surface area (Å²) in [6.45, 7) is 6.36. The average molecular weight is 264 g/mol. The van der Waals surface area contributed by atoms with Crippen LogP contribution >= 0.6 is 0 Å². The van der Waals surface area contributed by atoms with Gasteiger partial charge in [-0.25, -0.2) is 0 Å². The molecule has 0 saturated heterocycles. The van der Waals surface area contributed by atoms with Gasteiger partial charge in [-0.1, -0.05) is 74.0 Å². The Morgan fingerprint density at radius 1 is 0.950 bits per heavy atom. The van der Waals surface area contributed by atoms with Crippen molar-refractivity contribution in [3.05, 3.63) is 76.9 Å². The maximum Gasteiger partial charge on any atom is 0.185 e. The van der Waals surface area contributed by atoms with Gasteiger partial charge in [0.05, 0.1) is 0 Å². The SMILES string of the molecule is Cc1ccc(C(=O)/C=C/c2ccc(C(C)C)cc2)cc1. The van der Waals surface area contributed by atoms with Crippen LogP contribution in [0, 0.1) is 6.92 Å². The second-order valence-corrected chi connectivity index (χ2v) is 5.38. The zero-order valence-electron chi connectivity index (χ0n) is 12.3. The Kier molecular flexibility index (Phi) is 4.52. The molecule has 2 aromatic carbocycles. The molecule has 102 valence electrons. The summed E-state index contributed by atoms with van der Waals surface area (Å²) in [5.41, 5.74) is 4.25. The molecule has 0 unspecified atom stereocenters. The first kappa shape index (κ1) is 14.3. The summed E-state index contributed by atoms with van der Waals surface area (Å²) in [7, 11) is 0. The van der Waals surface area contributed by atoms with E-state index in [0.29, 0.717) is 5.92 Å². The van der Waals surface area contributed by atoms with Crippen molar-refractivity contribution in [2.75, 3.05) is 0 Å². The van der Waals surface area contributed by atoms with Crippen molar-refractivity contribution in [3.8, 4) is 0 Å². The molecule has 0 amide bonds. The standard InChI is InChI=1S/C19H20O/c1-14(2)17-11-6-16(7-12-17)8-13-19(20)18-9-4-15(3)5-10-18/h4-14H,1-3H3/b13-8+. The summed E-state index contributed by atoms with van der Waals surface area (Å²) in [5.74, 6) is 0.570. The highest BCUT2D eigenvalue weighted by Gasteiger charge is 2.01. The van der Waals surface area contributed by atoms with E-state index >= 15 is 0 Å². The fourth-order valence-electron chi connectivity index (χ4n) is 1.98. The molecule has 1 nitrogen and oxygen atoms in total. The van der Waals surface area contributed by atoms with E-state index < -0.39 is 0 Å². The molecule has 0 aliphatic rings. The monoisotopic (exact) mass is 264 g/mol. The minimum absolute atomic E-state index is 0.0398. The van der Waals surface area contributed by atoms with E-state index in [4.69, 9.17) is 0 Å². The van der Waals surface area contributed by atoms with E-state index in [0.717, 1.165) is 16.7 Å². The van der Waals surface area contributed by atoms with E-state index in [1.54, 1.807) is 6.08 Å². The summed E-state index contributed by atoms with van der Waals surface area (Å²) < 4.78 is 0. The van der Waals surface area contributed by atoms with Crippen LogP contribution in [0.5, 0.6) is 0 Å². The van der Waals surface area contributed by atoms with Crippen LogP contribution in [0.2, 0.25) is 0 Å². The summed E-state index contributed by atoms with van der Waals surface area (Å²) in [6.07, 6.45) is 3.50. The second-order valence-electron chi connectivity index (χ2n) is 5.38. The van der Waals surface area contributed by atoms with E-state index in [9.17, 15) is 4.79 Å². The highest BCUT2D eigenvalue weighted by atomic mass is 16.1. The van der Waals surface area contributed by atoms with Crippen molar-refractivity contribution in [1.82, 2.24) is 0 Å². The van der Waals surface area contributed by atoms with E-state index in [-0.39, 0.29) is 5.78 Å². The quantitative estimate of drug-likeness (QED) is 0.560. The van der Waals surface area contributed by atoms with Gasteiger partial charge in [-0.2, -0.15) is 0 Å². The first-order valence-electron chi connectivity index (χ1n) is 6.95. The summed E-state index contributed by atoms with van der Waals surface area (Å²) in [6, 6.07) is 16.0. The lowest BCUT2D eigenvalue weighted by Gasteiger charge is -2.04. The topological polar surface area (TPSA) is 17.1 Å². The van der Waals surface area contributed by atoms with Gasteiger partial charge in [0.15, 0.2) is 5.78 Å².